The van der Waals surface area contributed by atoms with Gasteiger partial charge in [0, 0.05) is 61.8 Å². The summed E-state index contributed by atoms with van der Waals surface area (Å²) in [5, 5.41) is 11.8. The van der Waals surface area contributed by atoms with Crippen molar-refractivity contribution in [1.82, 2.24) is 23.8 Å². The Hall–Kier alpha value is -7.06. The molecule has 0 aliphatic heterocycles. The maximum atomic E-state index is 12.8. The van der Waals surface area contributed by atoms with Gasteiger partial charge in [0.1, 0.15) is 0 Å². The highest BCUT2D eigenvalue weighted by Gasteiger charge is 2.47. The molecule has 0 spiro atoms. The summed E-state index contributed by atoms with van der Waals surface area (Å²) in [5.41, 5.74) is 3.63. The Morgan fingerprint density at radius 2 is 1.06 bits per heavy atom. The minimum atomic E-state index is -5.83. The van der Waals surface area contributed by atoms with E-state index in [4.69, 9.17) is 0 Å². The zero-order valence-electron chi connectivity index (χ0n) is 35.1. The Labute approximate surface area is 373 Å². The molecule has 0 unspecified atom stereocenters. The molecule has 0 bridgehead atoms. The van der Waals surface area contributed by atoms with E-state index in [9.17, 15) is 36.3 Å². The second kappa shape index (κ2) is 17.8. The van der Waals surface area contributed by atoms with Gasteiger partial charge in [-0.25, -0.2) is 9.52 Å². The van der Waals surface area contributed by atoms with Gasteiger partial charge in [0.25, 0.3) is 5.91 Å². The Kier molecular flexibility index (Phi) is 11.9. The fourth-order valence-corrected chi connectivity index (χ4v) is 8.61. The molecule has 65 heavy (non-hydrogen) atoms. The third-order valence-corrected chi connectivity index (χ3v) is 13.0. The molecule has 2 N–H and O–H groups in total. The van der Waals surface area contributed by atoms with E-state index in [1.165, 1.54) is 17.1 Å². The van der Waals surface area contributed by atoms with Crippen LogP contribution < -0.4 is 4.72 Å². The summed E-state index contributed by atoms with van der Waals surface area (Å²) in [6.45, 7) is 1.53. The second-order valence-electron chi connectivity index (χ2n) is 16.8. The molecule has 2 aliphatic carbocycles. The largest absolute Gasteiger partial charge is 0.516 e. The summed E-state index contributed by atoms with van der Waals surface area (Å²) in [5.74, 6) is -1.56. The molecule has 2 fully saturated rings. The number of pyridine rings is 2. The van der Waals surface area contributed by atoms with Crippen molar-refractivity contribution in [2.75, 3.05) is 0 Å². The van der Waals surface area contributed by atoms with E-state index >= 15 is 0 Å². The quantitative estimate of drug-likeness (QED) is 0.118. The number of fused-ring (bicyclic) bond motifs is 2. The van der Waals surface area contributed by atoms with E-state index in [0.717, 1.165) is 75.5 Å². The van der Waals surface area contributed by atoms with E-state index in [-0.39, 0.29) is 23.6 Å². The topological polar surface area (TPSA) is 136 Å². The molecule has 8 aromatic rings. The van der Waals surface area contributed by atoms with Crippen molar-refractivity contribution in [3.63, 3.8) is 0 Å². The average molecular weight is 896 g/mol. The number of halogens is 3. The lowest BCUT2D eigenvalue weighted by Gasteiger charge is -2.13. The number of carbonyl (C=O) groups is 2. The normalized spacial score (nSPS) is 14.0. The van der Waals surface area contributed by atoms with Crippen LogP contribution in [-0.2, 0) is 36.0 Å². The third kappa shape index (κ3) is 10.0. The van der Waals surface area contributed by atoms with Crippen LogP contribution in [0.5, 0.6) is 0 Å². The lowest BCUT2D eigenvalue weighted by Crippen LogP contribution is -2.40. The highest BCUT2D eigenvalue weighted by molar-refractivity contribution is 7.90. The van der Waals surface area contributed by atoms with Crippen molar-refractivity contribution in [2.24, 2.45) is 0 Å². The number of nitrogens with one attached hydrogen (secondary N) is 1. The van der Waals surface area contributed by atoms with Gasteiger partial charge in [0.15, 0.2) is 0 Å². The van der Waals surface area contributed by atoms with E-state index in [1.807, 2.05) is 79.1 Å². The van der Waals surface area contributed by atoms with Crippen molar-refractivity contribution in [3.05, 3.63) is 202 Å². The van der Waals surface area contributed by atoms with Gasteiger partial charge in [-0.15, -0.1) is 0 Å². The van der Waals surface area contributed by atoms with Crippen LogP contribution in [0.4, 0.5) is 13.2 Å². The van der Waals surface area contributed by atoms with E-state index < -0.39 is 27.4 Å². The molecule has 4 aromatic heterocycles. The minimum Gasteiger partial charge on any atom is -0.478 e. The average Bonchev–Trinajstić information content (AvgIpc) is 4.24. The van der Waals surface area contributed by atoms with Gasteiger partial charge in [0.2, 0.25) is 0 Å². The molecule has 4 heterocycles. The Morgan fingerprint density at radius 1 is 0.615 bits per heavy atom. The molecular weight excluding hydrogens is 852 g/mol. The number of sulfonamides is 1. The van der Waals surface area contributed by atoms with Gasteiger partial charge in [-0.1, -0.05) is 72.8 Å². The van der Waals surface area contributed by atoms with Crippen molar-refractivity contribution in [3.8, 4) is 0 Å². The monoisotopic (exact) mass is 895 g/mol. The fourth-order valence-electron chi connectivity index (χ4n) is 8.14. The number of nitrogens with zero attached hydrogens (tertiary/aromatic N) is 4. The summed E-state index contributed by atoms with van der Waals surface area (Å²) < 4.78 is 67.1. The molecule has 330 valence electrons. The van der Waals surface area contributed by atoms with Gasteiger partial charge in [-0.2, -0.15) is 21.6 Å². The molecule has 2 saturated carbocycles. The van der Waals surface area contributed by atoms with Gasteiger partial charge >= 0.3 is 21.5 Å². The zero-order chi connectivity index (χ0) is 45.3. The smallest absolute Gasteiger partial charge is 0.478 e. The molecule has 2 aliphatic rings. The maximum absolute atomic E-state index is 12.8. The highest BCUT2D eigenvalue weighted by atomic mass is 32.2. The van der Waals surface area contributed by atoms with Gasteiger partial charge < -0.3 is 14.2 Å². The zero-order valence-corrected chi connectivity index (χ0v) is 35.9. The van der Waals surface area contributed by atoms with E-state index in [2.05, 4.69) is 73.8 Å². The fraction of sp³-hybridized carbons (Fsp3) is 0.216. The first-order valence-corrected chi connectivity index (χ1v) is 22.8. The third-order valence-electron chi connectivity index (χ3n) is 11.9. The standard InChI is InChI=1S/C26H22F3N3O3S.C25H22N2O2/c27-26(28,29)36(34,35)31-25(33)22-14-21(19-7-8-19)15-30-23(22)13-18-6-9-24-20(12-18)10-11-32(24)16-17-4-2-1-3-5-17;28-25(29)22-14-21(19-7-8-19)15-26-23(22)13-18-6-9-24-20(12-18)10-11-27(24)16-17-4-2-1-3-5-17/h1-6,9-12,14-15,19H,7-8,13,16H2,(H,31,33);1-6,9-12,14-15,19H,7-8,13,16H2,(H,28,29). The number of carbonyl (C=O) groups excluding carboxylic acids is 1. The van der Waals surface area contributed by atoms with Crippen LogP contribution in [0.25, 0.3) is 21.8 Å². The molecule has 0 atom stereocenters. The van der Waals surface area contributed by atoms with Crippen LogP contribution in [0, 0.1) is 0 Å². The number of rotatable bonds is 13. The van der Waals surface area contributed by atoms with Crippen LogP contribution in [0.3, 0.4) is 0 Å². The predicted octanol–water partition coefficient (Wildman–Crippen LogP) is 10.4. The maximum Gasteiger partial charge on any atom is 0.516 e. The lowest BCUT2D eigenvalue weighted by atomic mass is 10.0. The van der Waals surface area contributed by atoms with Gasteiger partial charge in [-0.05, 0) is 130 Å². The second-order valence-corrected chi connectivity index (χ2v) is 18.4. The molecule has 10 rings (SSSR count). The van der Waals surface area contributed by atoms with Crippen LogP contribution in [0.1, 0.15) is 103 Å². The molecule has 0 saturated heterocycles. The van der Waals surface area contributed by atoms with Gasteiger partial charge in [-0.3, -0.25) is 14.8 Å². The van der Waals surface area contributed by atoms with Crippen LogP contribution >= 0.6 is 0 Å². The predicted molar refractivity (Wildman–Crippen MR) is 242 cm³/mol. The van der Waals surface area contributed by atoms with Gasteiger partial charge in [0.05, 0.1) is 22.5 Å². The van der Waals surface area contributed by atoms with Crippen LogP contribution in [0.15, 0.2) is 146 Å². The van der Waals surface area contributed by atoms with E-state index in [0.29, 0.717) is 35.7 Å². The van der Waals surface area contributed by atoms with Crippen molar-refractivity contribution >= 4 is 43.7 Å². The molecular formula is C51H44F3N5O5S. The van der Waals surface area contributed by atoms with Crippen LogP contribution in [-0.4, -0.2) is 50.0 Å². The number of aromatic carboxylic acids is 1. The first kappa shape index (κ1) is 43.2. The number of hydrogen-bond donors (Lipinski definition) is 2. The van der Waals surface area contributed by atoms with Crippen LogP contribution in [0.2, 0.25) is 0 Å². The first-order chi connectivity index (χ1) is 31.3. The van der Waals surface area contributed by atoms with Crippen molar-refractivity contribution in [1.29, 1.82) is 0 Å². The summed E-state index contributed by atoms with van der Waals surface area (Å²) in [6, 6.07) is 39.8. The Balaban J connectivity index is 0.000000168. The van der Waals surface area contributed by atoms with E-state index in [1.54, 1.807) is 6.20 Å². The Morgan fingerprint density at radius 3 is 1.49 bits per heavy atom. The number of alkyl halides is 3. The number of benzene rings is 4. The number of aromatic nitrogens is 4. The molecule has 1 amide bonds. The number of hydrogen-bond acceptors (Lipinski definition) is 6. The highest BCUT2D eigenvalue weighted by Crippen LogP contribution is 2.41. The molecule has 0 radical (unpaired) electrons. The summed E-state index contributed by atoms with van der Waals surface area (Å²) in [6.07, 6.45) is 12.3. The SMILES string of the molecule is O=C(NS(=O)(=O)C(F)(F)F)c1cc(C2CC2)cnc1Cc1ccc2c(ccn2Cc2ccccc2)c1.O=C(O)c1cc(C2CC2)cnc1Cc1ccc2c(ccn2Cc2ccccc2)c1. The molecule has 14 heteroatoms. The Bertz CT molecular complexity index is 3160. The molecule has 4 aromatic carbocycles. The minimum absolute atomic E-state index is 0.152. The summed E-state index contributed by atoms with van der Waals surface area (Å²) in [4.78, 5) is 33.3. The number of amides is 1. The number of carboxylic acids is 1. The molecule has 10 nitrogen and oxygen atoms in total. The van der Waals surface area contributed by atoms with Crippen molar-refractivity contribution < 1.29 is 36.3 Å². The summed E-state index contributed by atoms with van der Waals surface area (Å²) >= 11 is 0. The van der Waals surface area contributed by atoms with Crippen molar-refractivity contribution in [2.45, 2.75) is 69.0 Å². The number of carboxylic acid groups (broad SMARTS) is 1. The first-order valence-electron chi connectivity index (χ1n) is 21.4. The summed E-state index contributed by atoms with van der Waals surface area (Å²) in [7, 11) is -5.83. The lowest BCUT2D eigenvalue weighted by molar-refractivity contribution is -0.0446.